The van der Waals surface area contributed by atoms with Crippen LogP contribution in [-0.4, -0.2) is 52.2 Å². The summed E-state index contributed by atoms with van der Waals surface area (Å²) in [5.74, 6) is -1.96. The Kier molecular flexibility index (Phi) is 6.55. The lowest BCUT2D eigenvalue weighted by atomic mass is 10.1. The Balaban J connectivity index is 3.00. The summed E-state index contributed by atoms with van der Waals surface area (Å²) in [5.41, 5.74) is -2.74. The summed E-state index contributed by atoms with van der Waals surface area (Å²) in [6.07, 6.45) is 0.566. The zero-order chi connectivity index (χ0) is 19.3. The van der Waals surface area contributed by atoms with E-state index in [0.29, 0.717) is 0 Å². The highest BCUT2D eigenvalue weighted by atomic mass is 16.6. The van der Waals surface area contributed by atoms with E-state index >= 15 is 0 Å². The van der Waals surface area contributed by atoms with E-state index < -0.39 is 29.2 Å². The zero-order valence-corrected chi connectivity index (χ0v) is 15.3. The average molecular weight is 356 g/mol. The van der Waals surface area contributed by atoms with Gasteiger partial charge >= 0.3 is 18.0 Å². The second kappa shape index (κ2) is 8.00. The summed E-state index contributed by atoms with van der Waals surface area (Å²) >= 11 is 0. The number of carbonyl (C=O) groups is 3. The highest BCUT2D eigenvalue weighted by Crippen LogP contribution is 2.20. The SMILES string of the molecule is CCOC(=O)C(C)(Oc1ccn(C(=O)OC(C)(C)C)n1)C(=O)OCC. The van der Waals surface area contributed by atoms with Crippen molar-refractivity contribution in [1.82, 2.24) is 9.78 Å². The number of nitrogens with zero attached hydrogens (tertiary/aromatic N) is 2. The molecule has 0 unspecified atom stereocenters. The first kappa shape index (κ1) is 20.5. The summed E-state index contributed by atoms with van der Waals surface area (Å²) in [6.45, 7) is 9.67. The molecule has 0 amide bonds. The highest BCUT2D eigenvalue weighted by molar-refractivity contribution is 6.03. The van der Waals surface area contributed by atoms with Gasteiger partial charge in [-0.25, -0.2) is 14.4 Å². The molecule has 1 aromatic rings. The third kappa shape index (κ3) is 5.47. The summed E-state index contributed by atoms with van der Waals surface area (Å²) in [7, 11) is 0. The van der Waals surface area contributed by atoms with Gasteiger partial charge in [0.15, 0.2) is 0 Å². The van der Waals surface area contributed by atoms with Crippen LogP contribution in [0.25, 0.3) is 0 Å². The Hall–Kier alpha value is -2.58. The number of hydrogen-bond acceptors (Lipinski definition) is 8. The molecule has 0 aliphatic rings. The first-order valence-corrected chi connectivity index (χ1v) is 7.86. The van der Waals surface area contributed by atoms with Crippen molar-refractivity contribution in [1.29, 1.82) is 0 Å². The van der Waals surface area contributed by atoms with Gasteiger partial charge in [-0.3, -0.25) is 0 Å². The molecule has 0 aliphatic heterocycles. The number of ether oxygens (including phenoxy) is 4. The molecule has 0 bridgehead atoms. The van der Waals surface area contributed by atoms with Crippen molar-refractivity contribution in [3.63, 3.8) is 0 Å². The van der Waals surface area contributed by atoms with Crippen LogP contribution in [0, 0.1) is 0 Å². The molecule has 0 spiro atoms. The van der Waals surface area contributed by atoms with Crippen molar-refractivity contribution < 1.29 is 33.3 Å². The van der Waals surface area contributed by atoms with Crippen LogP contribution in [-0.2, 0) is 23.8 Å². The number of esters is 2. The minimum absolute atomic E-state index is 0.0591. The molecule has 0 aromatic carbocycles. The quantitative estimate of drug-likeness (QED) is 0.432. The molecule has 0 aliphatic carbocycles. The fourth-order valence-electron chi connectivity index (χ4n) is 1.69. The molecule has 9 nitrogen and oxygen atoms in total. The molecule has 1 heterocycles. The Morgan fingerprint density at radius 3 is 2.00 bits per heavy atom. The first-order valence-electron chi connectivity index (χ1n) is 7.86. The maximum absolute atomic E-state index is 12.1. The van der Waals surface area contributed by atoms with E-state index in [2.05, 4.69) is 5.10 Å². The molecule has 0 fully saturated rings. The summed E-state index contributed by atoms with van der Waals surface area (Å²) in [5, 5.41) is 3.87. The lowest BCUT2D eigenvalue weighted by molar-refractivity contribution is -0.178. The predicted molar refractivity (Wildman–Crippen MR) is 86.2 cm³/mol. The van der Waals surface area contributed by atoms with Crippen molar-refractivity contribution in [3.8, 4) is 5.88 Å². The molecule has 0 saturated heterocycles. The second-order valence-electron chi connectivity index (χ2n) is 6.16. The molecule has 0 saturated carbocycles. The van der Waals surface area contributed by atoms with Gasteiger partial charge in [-0.1, -0.05) is 0 Å². The van der Waals surface area contributed by atoms with E-state index in [-0.39, 0.29) is 19.1 Å². The number of hydrogen-bond donors (Lipinski definition) is 0. The molecule has 25 heavy (non-hydrogen) atoms. The molecule has 0 atom stereocenters. The van der Waals surface area contributed by atoms with Crippen molar-refractivity contribution in [3.05, 3.63) is 12.3 Å². The Morgan fingerprint density at radius 2 is 1.56 bits per heavy atom. The van der Waals surface area contributed by atoms with Gasteiger partial charge in [0.05, 0.1) is 13.2 Å². The van der Waals surface area contributed by atoms with Crippen molar-refractivity contribution >= 4 is 18.0 Å². The van der Waals surface area contributed by atoms with E-state index in [9.17, 15) is 14.4 Å². The maximum atomic E-state index is 12.1. The fourth-order valence-corrected chi connectivity index (χ4v) is 1.69. The van der Waals surface area contributed by atoms with Gasteiger partial charge in [0, 0.05) is 12.3 Å². The summed E-state index contributed by atoms with van der Waals surface area (Å²) in [6, 6.07) is 1.32. The van der Waals surface area contributed by atoms with Gasteiger partial charge in [0.1, 0.15) is 5.60 Å². The fraction of sp³-hybridized carbons (Fsp3) is 0.625. The van der Waals surface area contributed by atoms with Gasteiger partial charge in [-0.05, 0) is 41.5 Å². The minimum Gasteiger partial charge on any atom is -0.463 e. The first-order chi connectivity index (χ1) is 11.5. The van der Waals surface area contributed by atoms with E-state index in [1.807, 2.05) is 0 Å². The van der Waals surface area contributed by atoms with Crippen molar-refractivity contribution in [2.75, 3.05) is 13.2 Å². The minimum atomic E-state index is -2.04. The van der Waals surface area contributed by atoms with Crippen LogP contribution < -0.4 is 4.74 Å². The Bertz CT molecular complexity index is 613. The number of rotatable bonds is 6. The van der Waals surface area contributed by atoms with Crippen LogP contribution in [0.3, 0.4) is 0 Å². The molecule has 1 aromatic heterocycles. The van der Waals surface area contributed by atoms with Crippen LogP contribution in [0.4, 0.5) is 4.79 Å². The largest absolute Gasteiger partial charge is 0.463 e. The average Bonchev–Trinajstić information content (AvgIpc) is 2.94. The van der Waals surface area contributed by atoms with Crippen LogP contribution >= 0.6 is 0 Å². The monoisotopic (exact) mass is 356 g/mol. The normalized spacial score (nSPS) is 11.6. The summed E-state index contributed by atoms with van der Waals surface area (Å²) < 4.78 is 21.2. The van der Waals surface area contributed by atoms with Crippen LogP contribution in [0.15, 0.2) is 12.3 Å². The standard InChI is InChI=1S/C16H24N2O7/c1-7-22-12(19)16(6,13(20)23-8-2)24-11-9-10-18(17-11)14(21)25-15(3,4)5/h9-10H,7-8H2,1-6H3. The predicted octanol–water partition coefficient (Wildman–Crippen LogP) is 1.93. The van der Waals surface area contributed by atoms with Gasteiger partial charge < -0.3 is 18.9 Å². The Morgan fingerprint density at radius 1 is 1.04 bits per heavy atom. The van der Waals surface area contributed by atoms with E-state index in [0.717, 1.165) is 4.68 Å². The van der Waals surface area contributed by atoms with E-state index in [1.165, 1.54) is 19.2 Å². The molecule has 9 heteroatoms. The summed E-state index contributed by atoms with van der Waals surface area (Å²) in [4.78, 5) is 36.2. The van der Waals surface area contributed by atoms with E-state index in [1.54, 1.807) is 34.6 Å². The molecule has 0 N–H and O–H groups in total. The number of aromatic nitrogens is 2. The molecule has 1 rings (SSSR count). The maximum Gasteiger partial charge on any atom is 0.435 e. The van der Waals surface area contributed by atoms with Crippen LogP contribution in [0.1, 0.15) is 41.5 Å². The third-order valence-electron chi connectivity index (χ3n) is 2.78. The van der Waals surface area contributed by atoms with Gasteiger partial charge in [0.25, 0.3) is 5.60 Å². The Labute approximate surface area is 146 Å². The van der Waals surface area contributed by atoms with E-state index in [4.69, 9.17) is 18.9 Å². The molecule has 140 valence electrons. The topological polar surface area (TPSA) is 106 Å². The van der Waals surface area contributed by atoms with Gasteiger partial charge in [-0.2, -0.15) is 4.68 Å². The van der Waals surface area contributed by atoms with Crippen molar-refractivity contribution in [2.45, 2.75) is 52.7 Å². The molecular weight excluding hydrogens is 332 g/mol. The molecular formula is C16H24N2O7. The third-order valence-corrected chi connectivity index (χ3v) is 2.78. The van der Waals surface area contributed by atoms with Crippen molar-refractivity contribution in [2.24, 2.45) is 0 Å². The lowest BCUT2D eigenvalue weighted by Gasteiger charge is -2.24. The highest BCUT2D eigenvalue weighted by Gasteiger charge is 2.48. The molecule has 0 radical (unpaired) electrons. The van der Waals surface area contributed by atoms with Crippen LogP contribution in [0.2, 0.25) is 0 Å². The second-order valence-corrected chi connectivity index (χ2v) is 6.16. The van der Waals surface area contributed by atoms with Crippen LogP contribution in [0.5, 0.6) is 5.88 Å². The number of carbonyl (C=O) groups excluding carboxylic acids is 3. The zero-order valence-electron chi connectivity index (χ0n) is 15.3. The van der Waals surface area contributed by atoms with Gasteiger partial charge in [-0.15, -0.1) is 5.10 Å². The lowest BCUT2D eigenvalue weighted by Crippen LogP contribution is -2.51. The van der Waals surface area contributed by atoms with Gasteiger partial charge in [0.2, 0.25) is 5.88 Å². The smallest absolute Gasteiger partial charge is 0.435 e.